The molecule has 5 nitrogen and oxygen atoms in total. The van der Waals surface area contributed by atoms with Crippen molar-refractivity contribution in [2.75, 3.05) is 26.1 Å². The van der Waals surface area contributed by atoms with Crippen LogP contribution in [0.3, 0.4) is 0 Å². The summed E-state index contributed by atoms with van der Waals surface area (Å²) in [5.41, 5.74) is 6.12. The number of aliphatic hydroxyl groups is 1. The van der Waals surface area contributed by atoms with Gasteiger partial charge >= 0.3 is 5.97 Å². The van der Waals surface area contributed by atoms with Crippen molar-refractivity contribution >= 4 is 23.3 Å². The van der Waals surface area contributed by atoms with Crippen LogP contribution in [0, 0.1) is 0 Å². The van der Waals surface area contributed by atoms with Gasteiger partial charge in [-0.3, -0.25) is 0 Å². The van der Waals surface area contributed by atoms with E-state index < -0.39 is 5.97 Å². The second-order valence-corrected chi connectivity index (χ2v) is 3.70. The first-order chi connectivity index (χ1) is 8.10. The molecule has 1 rings (SSSR count). The molecule has 6 heteroatoms. The molecule has 1 aromatic carbocycles. The molecule has 0 saturated heterocycles. The summed E-state index contributed by atoms with van der Waals surface area (Å²) in [6, 6.07) is 2.92. The molecule has 0 atom stereocenters. The van der Waals surface area contributed by atoms with Crippen molar-refractivity contribution in [2.24, 2.45) is 0 Å². The monoisotopic (exact) mass is 259 g/mol. The van der Waals surface area contributed by atoms with E-state index in [1.807, 2.05) is 0 Å². The summed E-state index contributed by atoms with van der Waals surface area (Å²) in [5, 5.41) is 8.90. The van der Waals surface area contributed by atoms with E-state index in [0.29, 0.717) is 12.1 Å². The van der Waals surface area contributed by atoms with Gasteiger partial charge in [0.1, 0.15) is 5.56 Å². The van der Waals surface area contributed by atoms with Gasteiger partial charge in [0.15, 0.2) is 5.75 Å². The van der Waals surface area contributed by atoms with Gasteiger partial charge in [0.25, 0.3) is 0 Å². The molecule has 0 spiro atoms. The van der Waals surface area contributed by atoms with Crippen molar-refractivity contribution in [1.82, 2.24) is 0 Å². The minimum Gasteiger partial charge on any atom is -0.491 e. The molecule has 0 aromatic heterocycles. The van der Waals surface area contributed by atoms with Crippen LogP contribution >= 0.6 is 11.6 Å². The topological polar surface area (TPSA) is 81.8 Å². The third-order valence-electron chi connectivity index (χ3n) is 2.02. The number of nitrogen functional groups attached to an aromatic ring is 1. The molecule has 0 aliphatic carbocycles. The summed E-state index contributed by atoms with van der Waals surface area (Å²) < 4.78 is 9.95. The quantitative estimate of drug-likeness (QED) is 0.475. The number of carbonyl (C=O) groups is 1. The highest BCUT2D eigenvalue weighted by atomic mass is 35.5. The number of benzene rings is 1. The summed E-state index contributed by atoms with van der Waals surface area (Å²) in [6.07, 6.45) is 0.446. The van der Waals surface area contributed by atoms with E-state index in [9.17, 15) is 4.79 Å². The van der Waals surface area contributed by atoms with Crippen LogP contribution in [0.1, 0.15) is 16.8 Å². The van der Waals surface area contributed by atoms with Crippen molar-refractivity contribution < 1.29 is 19.4 Å². The van der Waals surface area contributed by atoms with Crippen LogP contribution in [0.15, 0.2) is 12.1 Å². The lowest BCUT2D eigenvalue weighted by Gasteiger charge is -2.12. The lowest BCUT2D eigenvalue weighted by atomic mass is 10.2. The number of nitrogens with two attached hydrogens (primary N) is 1. The highest BCUT2D eigenvalue weighted by Gasteiger charge is 2.17. The zero-order valence-electron chi connectivity index (χ0n) is 9.40. The SMILES string of the molecule is COC(=O)c1cc(N)cc(Cl)c1OCCCO. The summed E-state index contributed by atoms with van der Waals surface area (Å²) in [7, 11) is 1.26. The van der Waals surface area contributed by atoms with Gasteiger partial charge in [0, 0.05) is 18.7 Å². The molecule has 0 amide bonds. The first-order valence-corrected chi connectivity index (χ1v) is 5.39. The van der Waals surface area contributed by atoms with Crippen molar-refractivity contribution in [3.05, 3.63) is 22.7 Å². The van der Waals surface area contributed by atoms with Gasteiger partial charge in [-0.05, 0) is 12.1 Å². The Hall–Kier alpha value is -1.46. The zero-order chi connectivity index (χ0) is 12.8. The van der Waals surface area contributed by atoms with Gasteiger partial charge in [-0.1, -0.05) is 11.6 Å². The van der Waals surface area contributed by atoms with Crippen molar-refractivity contribution in [3.8, 4) is 5.75 Å². The van der Waals surface area contributed by atoms with Crippen LogP contribution in [-0.4, -0.2) is 31.4 Å². The molecule has 0 fully saturated rings. The second-order valence-electron chi connectivity index (χ2n) is 3.30. The number of rotatable bonds is 5. The van der Waals surface area contributed by atoms with Crippen LogP contribution in [0.4, 0.5) is 5.69 Å². The van der Waals surface area contributed by atoms with E-state index in [1.54, 1.807) is 0 Å². The molecule has 3 N–H and O–H groups in total. The molecular formula is C11H14ClNO4. The third kappa shape index (κ3) is 3.51. The minimum atomic E-state index is -0.571. The standard InChI is InChI=1S/C11H14ClNO4/c1-16-11(15)8-5-7(13)6-9(12)10(8)17-4-2-3-14/h5-6,14H,2-4,13H2,1H3. The first-order valence-electron chi connectivity index (χ1n) is 5.01. The summed E-state index contributed by atoms with van der Waals surface area (Å²) >= 11 is 5.94. The Labute approximate surface area is 104 Å². The maximum atomic E-state index is 11.5. The van der Waals surface area contributed by atoms with E-state index in [2.05, 4.69) is 4.74 Å². The van der Waals surface area contributed by atoms with Crippen LogP contribution in [-0.2, 0) is 4.74 Å². The summed E-state index contributed by atoms with van der Waals surface area (Å²) in [5.74, 6) is -0.348. The van der Waals surface area contributed by atoms with Gasteiger partial charge in [0.2, 0.25) is 0 Å². The predicted molar refractivity (Wildman–Crippen MR) is 64.4 cm³/mol. The number of esters is 1. The largest absolute Gasteiger partial charge is 0.491 e. The van der Waals surface area contributed by atoms with E-state index in [4.69, 9.17) is 27.2 Å². The van der Waals surface area contributed by atoms with E-state index in [0.717, 1.165) is 0 Å². The number of hydrogen-bond acceptors (Lipinski definition) is 5. The van der Waals surface area contributed by atoms with Gasteiger partial charge in [-0.15, -0.1) is 0 Å². The van der Waals surface area contributed by atoms with Crippen LogP contribution < -0.4 is 10.5 Å². The molecule has 0 bridgehead atoms. The van der Waals surface area contributed by atoms with Crippen molar-refractivity contribution in [2.45, 2.75) is 6.42 Å². The number of ether oxygens (including phenoxy) is 2. The van der Waals surface area contributed by atoms with Crippen LogP contribution in [0.2, 0.25) is 5.02 Å². The average molecular weight is 260 g/mol. The summed E-state index contributed by atoms with van der Waals surface area (Å²) in [4.78, 5) is 11.5. The van der Waals surface area contributed by atoms with Gasteiger partial charge in [-0.25, -0.2) is 4.79 Å². The molecule has 0 radical (unpaired) electrons. The maximum absolute atomic E-state index is 11.5. The second kappa shape index (κ2) is 6.32. The third-order valence-corrected chi connectivity index (χ3v) is 2.30. The molecule has 0 heterocycles. The fourth-order valence-corrected chi connectivity index (χ4v) is 1.54. The van der Waals surface area contributed by atoms with E-state index in [1.165, 1.54) is 19.2 Å². The summed E-state index contributed by atoms with van der Waals surface area (Å²) in [6.45, 7) is 0.254. The number of halogens is 1. The molecular weight excluding hydrogens is 246 g/mol. The molecule has 0 unspecified atom stereocenters. The Morgan fingerprint density at radius 2 is 2.24 bits per heavy atom. The normalized spacial score (nSPS) is 10.1. The Bertz CT molecular complexity index is 409. The number of hydrogen-bond donors (Lipinski definition) is 2. The molecule has 0 saturated carbocycles. The van der Waals surface area contributed by atoms with Gasteiger partial charge in [-0.2, -0.15) is 0 Å². The highest BCUT2D eigenvalue weighted by Crippen LogP contribution is 2.32. The van der Waals surface area contributed by atoms with E-state index in [-0.39, 0.29) is 29.5 Å². The fraction of sp³-hybridized carbons (Fsp3) is 0.364. The molecule has 94 valence electrons. The van der Waals surface area contributed by atoms with Crippen LogP contribution in [0.5, 0.6) is 5.75 Å². The number of methoxy groups -OCH3 is 1. The maximum Gasteiger partial charge on any atom is 0.341 e. The highest BCUT2D eigenvalue weighted by molar-refractivity contribution is 6.33. The molecule has 0 aliphatic rings. The molecule has 0 aliphatic heterocycles. The molecule has 1 aromatic rings. The Balaban J connectivity index is 3.03. The van der Waals surface area contributed by atoms with E-state index >= 15 is 0 Å². The predicted octanol–water partition coefficient (Wildman–Crippen LogP) is 1.47. The first kappa shape index (κ1) is 13.6. The molecule has 17 heavy (non-hydrogen) atoms. The minimum absolute atomic E-state index is 0.000148. The number of anilines is 1. The lowest BCUT2D eigenvalue weighted by Crippen LogP contribution is -2.08. The Morgan fingerprint density at radius 1 is 1.53 bits per heavy atom. The number of aliphatic hydroxyl groups excluding tert-OH is 1. The zero-order valence-corrected chi connectivity index (χ0v) is 10.2. The van der Waals surface area contributed by atoms with Gasteiger partial charge < -0.3 is 20.3 Å². The average Bonchev–Trinajstić information content (AvgIpc) is 2.30. The van der Waals surface area contributed by atoms with Crippen molar-refractivity contribution in [3.63, 3.8) is 0 Å². The Kier molecular flexibility index (Phi) is 5.06. The van der Waals surface area contributed by atoms with Gasteiger partial charge in [0.05, 0.1) is 18.7 Å². The van der Waals surface area contributed by atoms with Crippen LogP contribution in [0.25, 0.3) is 0 Å². The fourth-order valence-electron chi connectivity index (χ4n) is 1.26. The Morgan fingerprint density at radius 3 is 2.82 bits per heavy atom. The smallest absolute Gasteiger partial charge is 0.341 e. The lowest BCUT2D eigenvalue weighted by molar-refractivity contribution is 0.0596. The van der Waals surface area contributed by atoms with Crippen molar-refractivity contribution in [1.29, 1.82) is 0 Å². The number of carbonyl (C=O) groups excluding carboxylic acids is 1.